The third-order valence-corrected chi connectivity index (χ3v) is 4.21. The standard InChI is InChI=1S/C14H23NS/c1-4-10-15-12(2)13(3)16-11-14-8-6-5-7-9-14/h5-9,12-13,15H,4,10-11H2,1-3H3. The maximum atomic E-state index is 3.55. The van der Waals surface area contributed by atoms with Gasteiger partial charge in [0.2, 0.25) is 0 Å². The van der Waals surface area contributed by atoms with Gasteiger partial charge in [0.15, 0.2) is 0 Å². The number of benzene rings is 1. The summed E-state index contributed by atoms with van der Waals surface area (Å²) in [7, 11) is 0. The monoisotopic (exact) mass is 237 g/mol. The fourth-order valence-electron chi connectivity index (χ4n) is 1.48. The van der Waals surface area contributed by atoms with Gasteiger partial charge >= 0.3 is 0 Å². The lowest BCUT2D eigenvalue weighted by molar-refractivity contribution is 0.542. The molecule has 1 rings (SSSR count). The van der Waals surface area contributed by atoms with E-state index < -0.39 is 0 Å². The van der Waals surface area contributed by atoms with Crippen molar-refractivity contribution in [2.24, 2.45) is 0 Å². The third-order valence-electron chi connectivity index (χ3n) is 2.78. The van der Waals surface area contributed by atoms with Crippen molar-refractivity contribution >= 4 is 11.8 Å². The lowest BCUT2D eigenvalue weighted by atomic mass is 10.2. The van der Waals surface area contributed by atoms with Crippen LogP contribution in [0.3, 0.4) is 0 Å². The number of hydrogen-bond donors (Lipinski definition) is 1. The molecule has 0 spiro atoms. The van der Waals surface area contributed by atoms with Gasteiger partial charge in [-0.15, -0.1) is 0 Å². The summed E-state index contributed by atoms with van der Waals surface area (Å²) in [6.07, 6.45) is 1.21. The van der Waals surface area contributed by atoms with Crippen molar-refractivity contribution in [2.75, 3.05) is 6.54 Å². The van der Waals surface area contributed by atoms with Crippen LogP contribution in [0.4, 0.5) is 0 Å². The van der Waals surface area contributed by atoms with E-state index in [1.54, 1.807) is 0 Å². The second-order valence-corrected chi connectivity index (χ2v) is 5.61. The summed E-state index contributed by atoms with van der Waals surface area (Å²) in [5.74, 6) is 1.11. The molecule has 2 unspecified atom stereocenters. The van der Waals surface area contributed by atoms with Crippen molar-refractivity contribution in [1.29, 1.82) is 0 Å². The molecule has 0 saturated carbocycles. The summed E-state index contributed by atoms with van der Waals surface area (Å²) >= 11 is 2.03. The van der Waals surface area contributed by atoms with Gasteiger partial charge in [0.1, 0.15) is 0 Å². The number of thioether (sulfide) groups is 1. The van der Waals surface area contributed by atoms with Crippen molar-refractivity contribution in [3.8, 4) is 0 Å². The van der Waals surface area contributed by atoms with Crippen molar-refractivity contribution in [1.82, 2.24) is 5.32 Å². The van der Waals surface area contributed by atoms with Crippen LogP contribution in [0.25, 0.3) is 0 Å². The van der Waals surface area contributed by atoms with Gasteiger partial charge in [-0.25, -0.2) is 0 Å². The Morgan fingerprint density at radius 1 is 1.19 bits per heavy atom. The first kappa shape index (κ1) is 13.6. The molecule has 2 heteroatoms. The Kier molecular flexibility index (Phi) is 6.58. The van der Waals surface area contributed by atoms with Gasteiger partial charge in [0.05, 0.1) is 0 Å². The van der Waals surface area contributed by atoms with Crippen molar-refractivity contribution in [3.63, 3.8) is 0 Å². The van der Waals surface area contributed by atoms with Gasteiger partial charge in [-0.3, -0.25) is 0 Å². The van der Waals surface area contributed by atoms with E-state index in [0.29, 0.717) is 11.3 Å². The Bertz CT molecular complexity index is 273. The molecule has 0 aliphatic rings. The second kappa shape index (κ2) is 7.75. The summed E-state index contributed by atoms with van der Waals surface area (Å²) in [6.45, 7) is 7.91. The van der Waals surface area contributed by atoms with Gasteiger partial charge in [-0.05, 0) is 25.5 Å². The Morgan fingerprint density at radius 3 is 2.50 bits per heavy atom. The minimum absolute atomic E-state index is 0.591. The number of rotatable bonds is 7. The molecule has 0 bridgehead atoms. The van der Waals surface area contributed by atoms with Gasteiger partial charge in [0, 0.05) is 17.0 Å². The van der Waals surface area contributed by atoms with Crippen LogP contribution in [0.15, 0.2) is 30.3 Å². The smallest absolute Gasteiger partial charge is 0.0187 e. The van der Waals surface area contributed by atoms with Crippen molar-refractivity contribution in [2.45, 2.75) is 44.2 Å². The topological polar surface area (TPSA) is 12.0 Å². The molecule has 0 radical (unpaired) electrons. The van der Waals surface area contributed by atoms with E-state index in [9.17, 15) is 0 Å². The molecule has 16 heavy (non-hydrogen) atoms. The van der Waals surface area contributed by atoms with Gasteiger partial charge < -0.3 is 5.32 Å². The van der Waals surface area contributed by atoms with E-state index in [1.807, 2.05) is 11.8 Å². The van der Waals surface area contributed by atoms with Crippen LogP contribution in [-0.2, 0) is 5.75 Å². The van der Waals surface area contributed by atoms with Crippen LogP contribution in [0, 0.1) is 0 Å². The second-order valence-electron chi connectivity index (χ2n) is 4.24. The van der Waals surface area contributed by atoms with E-state index in [1.165, 1.54) is 12.0 Å². The molecule has 1 aromatic carbocycles. The highest BCUT2D eigenvalue weighted by Gasteiger charge is 2.11. The molecule has 1 N–H and O–H groups in total. The summed E-state index contributed by atoms with van der Waals surface area (Å²) in [6, 6.07) is 11.3. The van der Waals surface area contributed by atoms with Crippen molar-refractivity contribution < 1.29 is 0 Å². The first-order valence-electron chi connectivity index (χ1n) is 6.13. The maximum absolute atomic E-state index is 3.55. The SMILES string of the molecule is CCCNC(C)C(C)SCc1ccccc1. The van der Waals surface area contributed by atoms with E-state index in [0.717, 1.165) is 12.3 Å². The highest BCUT2D eigenvalue weighted by molar-refractivity contribution is 7.99. The average Bonchev–Trinajstić information content (AvgIpc) is 2.34. The summed E-state index contributed by atoms with van der Waals surface area (Å²) < 4.78 is 0. The number of nitrogens with one attached hydrogen (secondary N) is 1. The van der Waals surface area contributed by atoms with Crippen LogP contribution < -0.4 is 5.32 Å². The fourth-order valence-corrected chi connectivity index (χ4v) is 2.52. The molecule has 0 fully saturated rings. The largest absolute Gasteiger partial charge is 0.313 e. The van der Waals surface area contributed by atoms with Gasteiger partial charge in [-0.1, -0.05) is 44.2 Å². The van der Waals surface area contributed by atoms with Crippen LogP contribution in [-0.4, -0.2) is 17.8 Å². The quantitative estimate of drug-likeness (QED) is 0.776. The molecular weight excluding hydrogens is 214 g/mol. The Balaban J connectivity index is 2.26. The van der Waals surface area contributed by atoms with Crippen molar-refractivity contribution in [3.05, 3.63) is 35.9 Å². The summed E-state index contributed by atoms with van der Waals surface area (Å²) in [5.41, 5.74) is 1.42. The first-order valence-corrected chi connectivity index (χ1v) is 7.17. The van der Waals surface area contributed by atoms with Gasteiger partial charge in [-0.2, -0.15) is 11.8 Å². The van der Waals surface area contributed by atoms with Crippen LogP contribution >= 0.6 is 11.8 Å². The molecule has 1 aromatic rings. The Labute approximate surface area is 104 Å². The zero-order valence-corrected chi connectivity index (χ0v) is 11.4. The molecule has 0 heterocycles. The normalized spacial score (nSPS) is 14.7. The molecular formula is C14H23NS. The lowest BCUT2D eigenvalue weighted by Crippen LogP contribution is -2.34. The Hall–Kier alpha value is -0.470. The maximum Gasteiger partial charge on any atom is 0.0187 e. The molecule has 0 aliphatic heterocycles. The molecule has 1 nitrogen and oxygen atoms in total. The summed E-state index contributed by atoms with van der Waals surface area (Å²) in [5, 5.41) is 4.21. The molecule has 0 amide bonds. The fraction of sp³-hybridized carbons (Fsp3) is 0.571. The van der Waals surface area contributed by atoms with E-state index in [4.69, 9.17) is 0 Å². The van der Waals surface area contributed by atoms with Gasteiger partial charge in [0.25, 0.3) is 0 Å². The molecule has 0 aliphatic carbocycles. The highest BCUT2D eigenvalue weighted by Crippen LogP contribution is 2.19. The van der Waals surface area contributed by atoms with E-state index >= 15 is 0 Å². The zero-order chi connectivity index (χ0) is 11.8. The minimum atomic E-state index is 0.591. The number of hydrogen-bond acceptors (Lipinski definition) is 2. The highest BCUT2D eigenvalue weighted by atomic mass is 32.2. The lowest BCUT2D eigenvalue weighted by Gasteiger charge is -2.20. The predicted octanol–water partition coefficient (Wildman–Crippen LogP) is 3.70. The minimum Gasteiger partial charge on any atom is -0.313 e. The average molecular weight is 237 g/mol. The summed E-state index contributed by atoms with van der Waals surface area (Å²) in [4.78, 5) is 0. The molecule has 0 aromatic heterocycles. The molecule has 90 valence electrons. The first-order chi connectivity index (χ1) is 7.74. The third kappa shape index (κ3) is 5.04. The van der Waals surface area contributed by atoms with E-state index in [2.05, 4.69) is 56.4 Å². The predicted molar refractivity (Wildman–Crippen MR) is 75.0 cm³/mol. The van der Waals surface area contributed by atoms with Crippen LogP contribution in [0.1, 0.15) is 32.8 Å². The van der Waals surface area contributed by atoms with Crippen LogP contribution in [0.2, 0.25) is 0 Å². The molecule has 0 saturated heterocycles. The van der Waals surface area contributed by atoms with E-state index in [-0.39, 0.29) is 0 Å². The van der Waals surface area contributed by atoms with Crippen LogP contribution in [0.5, 0.6) is 0 Å². The molecule has 2 atom stereocenters. The Morgan fingerprint density at radius 2 is 1.88 bits per heavy atom. The zero-order valence-electron chi connectivity index (χ0n) is 10.6.